The number of urea groups is 1. The number of amides is 2. The molecule has 6 N–H and O–H groups in total. The Balaban J connectivity index is 3.10. The molecule has 9 nitrogen and oxygen atoms in total. The average Bonchev–Trinajstić information content (AvgIpc) is 2.65. The number of unbranched alkanes of at least 4 members (excludes halogenated alkanes) is 1. The Hall–Kier alpha value is -0.680. The quantitative estimate of drug-likeness (QED) is 0.226. The summed E-state index contributed by atoms with van der Waals surface area (Å²) < 4.78 is 5.46. The summed E-state index contributed by atoms with van der Waals surface area (Å²) in [6.45, 7) is 5.57. The van der Waals surface area contributed by atoms with Gasteiger partial charge in [-0.15, -0.1) is 11.6 Å². The van der Waals surface area contributed by atoms with Crippen LogP contribution in [-0.4, -0.2) is 91.4 Å². The van der Waals surface area contributed by atoms with E-state index in [-0.39, 0.29) is 18.8 Å². The summed E-state index contributed by atoms with van der Waals surface area (Å²) in [6.07, 6.45) is -6.69. The lowest BCUT2D eigenvalue weighted by molar-refractivity contribution is -0.365. The highest BCUT2D eigenvalue weighted by atomic mass is 35.5. The van der Waals surface area contributed by atoms with Crippen LogP contribution in [0.5, 0.6) is 0 Å². The number of aliphatic hydroxyl groups excluding tert-OH is 4. The lowest BCUT2D eigenvalue weighted by Gasteiger charge is -2.49. The van der Waals surface area contributed by atoms with Gasteiger partial charge >= 0.3 is 6.03 Å². The van der Waals surface area contributed by atoms with Gasteiger partial charge in [-0.05, 0) is 19.8 Å². The molecule has 10 heteroatoms. The van der Waals surface area contributed by atoms with Crippen LogP contribution >= 0.6 is 11.6 Å². The Labute approximate surface area is 164 Å². The fraction of sp³-hybridized carbons (Fsp3) is 0.941. The van der Waals surface area contributed by atoms with Crippen LogP contribution in [0.1, 0.15) is 46.5 Å². The Kier molecular flexibility index (Phi) is 9.70. The number of nitrogens with one attached hydrogen (secondary N) is 1. The van der Waals surface area contributed by atoms with Gasteiger partial charge in [0.2, 0.25) is 0 Å². The van der Waals surface area contributed by atoms with Gasteiger partial charge in [0.1, 0.15) is 24.4 Å². The normalized spacial score (nSPS) is 33.4. The summed E-state index contributed by atoms with van der Waals surface area (Å²) in [5.74, 6) is -1.96. The second-order valence-corrected chi connectivity index (χ2v) is 7.33. The molecule has 1 aliphatic heterocycles. The van der Waals surface area contributed by atoms with Crippen molar-refractivity contribution >= 4 is 17.6 Å². The molecule has 0 aromatic rings. The molecule has 2 unspecified atom stereocenters. The molecule has 1 fully saturated rings. The third-order valence-electron chi connectivity index (χ3n) is 4.95. The van der Waals surface area contributed by atoms with Crippen LogP contribution in [0.3, 0.4) is 0 Å². The topological polar surface area (TPSA) is 143 Å². The number of aliphatic hydroxyl groups is 5. The molecule has 0 saturated carbocycles. The first kappa shape index (κ1) is 24.4. The third kappa shape index (κ3) is 5.66. The molecule has 27 heavy (non-hydrogen) atoms. The molecule has 0 aliphatic carbocycles. The summed E-state index contributed by atoms with van der Waals surface area (Å²) >= 11 is 5.58. The van der Waals surface area contributed by atoms with Crippen LogP contribution in [-0.2, 0) is 4.74 Å². The summed E-state index contributed by atoms with van der Waals surface area (Å²) in [7, 11) is 0. The second kappa shape index (κ2) is 10.8. The lowest BCUT2D eigenvalue weighted by atomic mass is 9.88. The summed E-state index contributed by atoms with van der Waals surface area (Å²) in [6, 6.07) is -1.05. The molecule has 1 rings (SSSR count). The number of carbonyl (C=O) groups is 1. The van der Waals surface area contributed by atoms with Gasteiger partial charge in [-0.2, -0.15) is 0 Å². The molecular formula is C17H33ClN2O7. The SMILES string of the molecule is CCCC[C@]1(O)O[C@H](C(O)N(C(=O)NCCCl)C(C)CC)[C@@H](O)[C@H](O)[C@H]1O. The zero-order valence-electron chi connectivity index (χ0n) is 16.1. The van der Waals surface area contributed by atoms with Crippen LogP contribution in [0.2, 0.25) is 0 Å². The molecule has 1 heterocycles. The Morgan fingerprint density at radius 3 is 2.44 bits per heavy atom. The van der Waals surface area contributed by atoms with Gasteiger partial charge in [-0.1, -0.05) is 20.3 Å². The number of nitrogens with zero attached hydrogens (tertiary/aromatic N) is 1. The first-order chi connectivity index (χ1) is 12.6. The first-order valence-electron chi connectivity index (χ1n) is 9.39. The fourth-order valence-electron chi connectivity index (χ4n) is 3.08. The van der Waals surface area contributed by atoms with E-state index in [0.717, 1.165) is 4.90 Å². The maximum Gasteiger partial charge on any atom is 0.319 e. The van der Waals surface area contributed by atoms with E-state index >= 15 is 0 Å². The van der Waals surface area contributed by atoms with Crippen molar-refractivity contribution in [2.45, 2.75) is 88.9 Å². The number of alkyl halides is 1. The van der Waals surface area contributed by atoms with Gasteiger partial charge in [-0.3, -0.25) is 4.90 Å². The maximum absolute atomic E-state index is 12.5. The van der Waals surface area contributed by atoms with E-state index in [1.807, 2.05) is 13.8 Å². The summed E-state index contributed by atoms with van der Waals surface area (Å²) in [5, 5.41) is 54.6. The number of hydrogen-bond acceptors (Lipinski definition) is 7. The standard InChI is InChI=1S/C17H33ClN2O7/c1-4-6-7-17(26)14(23)12(22)11(21)13(27-17)15(24)20(10(3)5-2)16(25)19-9-8-18/h10-15,21-24,26H,4-9H2,1-3H3,(H,19,25)/t10?,11-,12-,13-,14+,15?,17-/m0/s1. The summed E-state index contributed by atoms with van der Waals surface area (Å²) in [5.41, 5.74) is 0. The molecular weight excluding hydrogens is 380 g/mol. The van der Waals surface area contributed by atoms with Crippen LogP contribution in [0, 0.1) is 0 Å². The van der Waals surface area contributed by atoms with Crippen LogP contribution in [0.25, 0.3) is 0 Å². The van der Waals surface area contributed by atoms with Gasteiger partial charge < -0.3 is 35.6 Å². The lowest BCUT2D eigenvalue weighted by Crippen LogP contribution is -2.69. The highest BCUT2D eigenvalue weighted by molar-refractivity contribution is 6.18. The van der Waals surface area contributed by atoms with Gasteiger partial charge in [0.15, 0.2) is 12.0 Å². The fourth-order valence-corrected chi connectivity index (χ4v) is 3.17. The number of carbonyl (C=O) groups excluding carboxylic acids is 1. The Morgan fingerprint density at radius 2 is 1.93 bits per heavy atom. The zero-order valence-corrected chi connectivity index (χ0v) is 16.8. The predicted molar refractivity (Wildman–Crippen MR) is 99.1 cm³/mol. The molecule has 1 saturated heterocycles. The molecule has 160 valence electrons. The first-order valence-corrected chi connectivity index (χ1v) is 9.92. The van der Waals surface area contributed by atoms with Crippen molar-refractivity contribution in [2.24, 2.45) is 0 Å². The van der Waals surface area contributed by atoms with Crippen LogP contribution in [0.4, 0.5) is 4.79 Å². The van der Waals surface area contributed by atoms with Crippen LogP contribution in [0.15, 0.2) is 0 Å². The minimum atomic E-state index is -2.14. The van der Waals surface area contributed by atoms with Crippen molar-refractivity contribution in [3.8, 4) is 0 Å². The maximum atomic E-state index is 12.5. The van der Waals surface area contributed by atoms with E-state index in [1.54, 1.807) is 6.92 Å². The largest absolute Gasteiger partial charge is 0.387 e. The van der Waals surface area contributed by atoms with E-state index in [4.69, 9.17) is 16.3 Å². The Morgan fingerprint density at radius 1 is 1.30 bits per heavy atom. The predicted octanol–water partition coefficient (Wildman–Crippen LogP) is -0.286. The molecule has 0 aromatic carbocycles. The molecule has 1 aliphatic rings. The smallest absolute Gasteiger partial charge is 0.319 e. The van der Waals surface area contributed by atoms with Gasteiger partial charge in [-0.25, -0.2) is 4.79 Å². The highest BCUT2D eigenvalue weighted by Crippen LogP contribution is 2.34. The van der Waals surface area contributed by atoms with Crippen molar-refractivity contribution in [3.05, 3.63) is 0 Å². The van der Waals surface area contributed by atoms with Crippen molar-refractivity contribution in [3.63, 3.8) is 0 Å². The zero-order chi connectivity index (χ0) is 20.8. The Bertz CT molecular complexity index is 473. The van der Waals surface area contributed by atoms with Crippen LogP contribution < -0.4 is 5.32 Å². The minimum Gasteiger partial charge on any atom is -0.387 e. The molecule has 7 atom stereocenters. The van der Waals surface area contributed by atoms with Crippen molar-refractivity contribution < 1.29 is 35.1 Å². The molecule has 0 aromatic heterocycles. The number of hydrogen-bond donors (Lipinski definition) is 6. The van der Waals surface area contributed by atoms with E-state index in [9.17, 15) is 30.3 Å². The molecule has 0 spiro atoms. The number of halogens is 1. The monoisotopic (exact) mass is 412 g/mol. The van der Waals surface area contributed by atoms with E-state index in [0.29, 0.717) is 19.3 Å². The second-order valence-electron chi connectivity index (χ2n) is 6.96. The van der Waals surface area contributed by atoms with Gasteiger partial charge in [0.05, 0.1) is 0 Å². The van der Waals surface area contributed by atoms with E-state index in [1.165, 1.54) is 0 Å². The molecule has 0 bridgehead atoms. The van der Waals surface area contributed by atoms with Gasteiger partial charge in [0, 0.05) is 24.9 Å². The third-order valence-corrected chi connectivity index (χ3v) is 5.14. The average molecular weight is 413 g/mol. The highest BCUT2D eigenvalue weighted by Gasteiger charge is 2.55. The summed E-state index contributed by atoms with van der Waals surface area (Å²) in [4.78, 5) is 13.5. The van der Waals surface area contributed by atoms with Crippen molar-refractivity contribution in [2.75, 3.05) is 12.4 Å². The number of ether oxygens (including phenoxy) is 1. The molecule has 2 amide bonds. The van der Waals surface area contributed by atoms with Crippen molar-refractivity contribution in [1.82, 2.24) is 10.2 Å². The van der Waals surface area contributed by atoms with E-state index < -0.39 is 48.5 Å². The van der Waals surface area contributed by atoms with Crippen molar-refractivity contribution in [1.29, 1.82) is 0 Å². The van der Waals surface area contributed by atoms with Gasteiger partial charge in [0.25, 0.3) is 0 Å². The van der Waals surface area contributed by atoms with E-state index in [2.05, 4.69) is 5.32 Å². The minimum absolute atomic E-state index is 0.000553. The molecule has 0 radical (unpaired) electrons. The number of rotatable bonds is 9.